The molecular weight excluding hydrogens is 411 g/mol. The maximum absolute atomic E-state index is 12.5. The van der Waals surface area contributed by atoms with Gasteiger partial charge in [0.15, 0.2) is 0 Å². The van der Waals surface area contributed by atoms with E-state index in [9.17, 15) is 9.59 Å². The average Bonchev–Trinajstić information content (AvgIpc) is 2.53. The van der Waals surface area contributed by atoms with Crippen LogP contribution < -0.4 is 5.32 Å². The molecule has 7 heteroatoms. The van der Waals surface area contributed by atoms with Gasteiger partial charge < -0.3 is 19.7 Å². The number of urea groups is 1. The molecule has 23 heavy (non-hydrogen) atoms. The van der Waals surface area contributed by atoms with Gasteiger partial charge in [0.05, 0.1) is 18.2 Å². The Morgan fingerprint density at radius 1 is 1.35 bits per heavy atom. The van der Waals surface area contributed by atoms with Crippen LogP contribution in [0.5, 0.6) is 0 Å². The highest BCUT2D eigenvalue weighted by molar-refractivity contribution is 14.1. The molecule has 1 aromatic rings. The molecular formula is C16H19IN2O4. The summed E-state index contributed by atoms with van der Waals surface area (Å²) in [5.74, 6) is -0.448. The SMILES string of the molecule is COCCOC(=O)C1=C(C)N(C)C(=O)N[C@H]1c1ccccc1I. The van der Waals surface area contributed by atoms with Gasteiger partial charge >= 0.3 is 12.0 Å². The molecule has 0 fully saturated rings. The van der Waals surface area contributed by atoms with Crippen LogP contribution in [0.2, 0.25) is 0 Å². The number of carbonyl (C=O) groups excluding carboxylic acids is 2. The molecule has 0 bridgehead atoms. The second kappa shape index (κ2) is 7.78. The summed E-state index contributed by atoms with van der Waals surface area (Å²) in [7, 11) is 3.17. The van der Waals surface area contributed by atoms with Gasteiger partial charge in [-0.2, -0.15) is 0 Å². The van der Waals surface area contributed by atoms with E-state index in [1.807, 2.05) is 24.3 Å². The van der Waals surface area contributed by atoms with Crippen molar-refractivity contribution in [2.45, 2.75) is 13.0 Å². The lowest BCUT2D eigenvalue weighted by Crippen LogP contribution is -2.46. The van der Waals surface area contributed by atoms with Crippen LogP contribution in [0.3, 0.4) is 0 Å². The summed E-state index contributed by atoms with van der Waals surface area (Å²) in [4.78, 5) is 26.1. The van der Waals surface area contributed by atoms with Crippen LogP contribution in [-0.4, -0.2) is 44.3 Å². The molecule has 1 heterocycles. The summed E-state index contributed by atoms with van der Waals surface area (Å²) in [6.07, 6.45) is 0. The summed E-state index contributed by atoms with van der Waals surface area (Å²) in [5.41, 5.74) is 1.89. The van der Waals surface area contributed by atoms with Gasteiger partial charge in [-0.1, -0.05) is 18.2 Å². The largest absolute Gasteiger partial charge is 0.460 e. The molecule has 0 saturated carbocycles. The van der Waals surface area contributed by atoms with Crippen molar-refractivity contribution in [3.63, 3.8) is 0 Å². The van der Waals surface area contributed by atoms with Crippen molar-refractivity contribution in [1.29, 1.82) is 0 Å². The van der Waals surface area contributed by atoms with Gasteiger partial charge in [0.2, 0.25) is 0 Å². The Bertz CT molecular complexity index is 645. The Morgan fingerprint density at radius 2 is 2.04 bits per heavy atom. The van der Waals surface area contributed by atoms with Crippen LogP contribution in [0.1, 0.15) is 18.5 Å². The molecule has 0 aromatic heterocycles. The molecule has 2 amide bonds. The topological polar surface area (TPSA) is 67.9 Å². The molecule has 124 valence electrons. The molecule has 0 unspecified atom stereocenters. The number of methoxy groups -OCH3 is 1. The van der Waals surface area contributed by atoms with Gasteiger partial charge in [0.1, 0.15) is 6.61 Å². The van der Waals surface area contributed by atoms with E-state index in [0.29, 0.717) is 17.9 Å². The van der Waals surface area contributed by atoms with E-state index < -0.39 is 12.0 Å². The molecule has 0 saturated heterocycles. The Kier molecular flexibility index (Phi) is 6.00. The van der Waals surface area contributed by atoms with Crippen molar-refractivity contribution in [1.82, 2.24) is 10.2 Å². The van der Waals surface area contributed by atoms with E-state index >= 15 is 0 Å². The molecule has 1 atom stereocenters. The fourth-order valence-corrected chi connectivity index (χ4v) is 3.04. The first-order valence-electron chi connectivity index (χ1n) is 7.12. The number of esters is 1. The third kappa shape index (κ3) is 3.84. The Labute approximate surface area is 149 Å². The lowest BCUT2D eigenvalue weighted by Gasteiger charge is -2.33. The number of carbonyl (C=O) groups is 2. The van der Waals surface area contributed by atoms with E-state index in [4.69, 9.17) is 9.47 Å². The predicted molar refractivity (Wildman–Crippen MR) is 93.7 cm³/mol. The van der Waals surface area contributed by atoms with Crippen molar-refractivity contribution >= 4 is 34.6 Å². The predicted octanol–water partition coefficient (Wildman–Crippen LogP) is 2.45. The number of allylic oxidation sites excluding steroid dienone is 1. The van der Waals surface area contributed by atoms with E-state index in [1.165, 1.54) is 4.90 Å². The average molecular weight is 430 g/mol. The first kappa shape index (κ1) is 17.7. The van der Waals surface area contributed by atoms with Crippen LogP contribution >= 0.6 is 22.6 Å². The van der Waals surface area contributed by atoms with Gasteiger partial charge in [-0.25, -0.2) is 9.59 Å². The van der Waals surface area contributed by atoms with E-state index in [0.717, 1.165) is 9.13 Å². The first-order chi connectivity index (χ1) is 11.0. The minimum Gasteiger partial charge on any atom is -0.460 e. The van der Waals surface area contributed by atoms with Gasteiger partial charge in [-0.3, -0.25) is 0 Å². The minimum absolute atomic E-state index is 0.169. The quantitative estimate of drug-likeness (QED) is 0.443. The van der Waals surface area contributed by atoms with Crippen molar-refractivity contribution in [2.75, 3.05) is 27.4 Å². The van der Waals surface area contributed by atoms with Crippen LogP contribution in [0.15, 0.2) is 35.5 Å². The highest BCUT2D eigenvalue weighted by Crippen LogP contribution is 2.32. The fourth-order valence-electron chi connectivity index (χ4n) is 2.34. The summed E-state index contributed by atoms with van der Waals surface area (Å²) in [5, 5.41) is 2.87. The van der Waals surface area contributed by atoms with Crippen molar-refractivity contribution in [3.8, 4) is 0 Å². The van der Waals surface area contributed by atoms with Crippen LogP contribution in [0.4, 0.5) is 4.79 Å². The Morgan fingerprint density at radius 3 is 2.70 bits per heavy atom. The van der Waals surface area contributed by atoms with Crippen molar-refractivity contribution < 1.29 is 19.1 Å². The van der Waals surface area contributed by atoms with Crippen molar-refractivity contribution in [2.24, 2.45) is 0 Å². The maximum atomic E-state index is 12.5. The fraction of sp³-hybridized carbons (Fsp3) is 0.375. The summed E-state index contributed by atoms with van der Waals surface area (Å²) in [6, 6.07) is 6.85. The van der Waals surface area contributed by atoms with E-state index in [2.05, 4.69) is 27.9 Å². The van der Waals surface area contributed by atoms with Crippen molar-refractivity contribution in [3.05, 3.63) is 44.7 Å². The highest BCUT2D eigenvalue weighted by Gasteiger charge is 2.35. The Balaban J connectivity index is 2.40. The van der Waals surface area contributed by atoms with E-state index in [1.54, 1.807) is 21.1 Å². The number of halogens is 1. The molecule has 1 N–H and O–H groups in total. The van der Waals surface area contributed by atoms with E-state index in [-0.39, 0.29) is 12.6 Å². The van der Waals surface area contributed by atoms with Gasteiger partial charge in [0.25, 0.3) is 0 Å². The normalized spacial score (nSPS) is 18.0. The number of amides is 2. The third-order valence-electron chi connectivity index (χ3n) is 3.71. The molecule has 1 aliphatic rings. The minimum atomic E-state index is -0.526. The molecule has 0 radical (unpaired) electrons. The lowest BCUT2D eigenvalue weighted by molar-refractivity contribution is -0.140. The monoisotopic (exact) mass is 430 g/mol. The standard InChI is InChI=1S/C16H19IN2O4/c1-10-13(15(20)23-9-8-22-3)14(18-16(21)19(10)2)11-6-4-5-7-12(11)17/h4-7,14H,8-9H2,1-3H3,(H,18,21)/t14-/m0/s1. The molecule has 1 aliphatic heterocycles. The second-order valence-electron chi connectivity index (χ2n) is 5.09. The smallest absolute Gasteiger partial charge is 0.338 e. The molecule has 0 aliphatic carbocycles. The van der Waals surface area contributed by atoms with Gasteiger partial charge in [-0.05, 0) is 41.1 Å². The molecule has 0 spiro atoms. The van der Waals surface area contributed by atoms with Gasteiger partial charge in [0, 0.05) is 23.4 Å². The Hall–Kier alpha value is -1.61. The number of benzene rings is 1. The zero-order valence-corrected chi connectivity index (χ0v) is 15.4. The highest BCUT2D eigenvalue weighted by atomic mass is 127. The van der Waals surface area contributed by atoms with Crippen LogP contribution in [0.25, 0.3) is 0 Å². The number of ether oxygens (including phenoxy) is 2. The summed E-state index contributed by atoms with van der Waals surface area (Å²) in [6.45, 7) is 2.24. The molecule has 6 nitrogen and oxygen atoms in total. The number of hydrogen-bond donors (Lipinski definition) is 1. The van der Waals surface area contributed by atoms with Crippen LogP contribution in [-0.2, 0) is 14.3 Å². The number of nitrogens with one attached hydrogen (secondary N) is 1. The molecule has 2 rings (SSSR count). The first-order valence-corrected chi connectivity index (χ1v) is 8.20. The second-order valence-corrected chi connectivity index (χ2v) is 6.25. The van der Waals surface area contributed by atoms with Gasteiger partial charge in [-0.15, -0.1) is 0 Å². The zero-order valence-electron chi connectivity index (χ0n) is 13.3. The number of nitrogens with zero attached hydrogens (tertiary/aromatic N) is 1. The molecule has 1 aromatic carbocycles. The zero-order chi connectivity index (χ0) is 17.0. The number of hydrogen-bond acceptors (Lipinski definition) is 4. The summed E-state index contributed by atoms with van der Waals surface area (Å²) >= 11 is 2.19. The summed E-state index contributed by atoms with van der Waals surface area (Å²) < 4.78 is 11.1. The van der Waals surface area contributed by atoms with Crippen LogP contribution in [0, 0.1) is 3.57 Å². The number of rotatable bonds is 5. The third-order valence-corrected chi connectivity index (χ3v) is 4.69. The maximum Gasteiger partial charge on any atom is 0.338 e. The lowest BCUT2D eigenvalue weighted by atomic mass is 9.95.